The van der Waals surface area contributed by atoms with E-state index in [0.29, 0.717) is 16.3 Å². The third kappa shape index (κ3) is 4.77. The van der Waals surface area contributed by atoms with E-state index in [9.17, 15) is 19.7 Å². The van der Waals surface area contributed by atoms with Gasteiger partial charge in [-0.1, -0.05) is 35.3 Å². The average Bonchev–Trinajstić information content (AvgIpc) is 3.36. The van der Waals surface area contributed by atoms with Crippen molar-refractivity contribution >= 4 is 58.6 Å². The lowest BCUT2D eigenvalue weighted by molar-refractivity contribution is -0.384. The number of guanidine groups is 1. The van der Waals surface area contributed by atoms with Gasteiger partial charge in [-0.15, -0.1) is 0 Å². The number of nitrogens with one attached hydrogen (secondary N) is 2. The van der Waals surface area contributed by atoms with Gasteiger partial charge in [0.05, 0.1) is 21.2 Å². The maximum absolute atomic E-state index is 12.5. The van der Waals surface area contributed by atoms with Crippen molar-refractivity contribution in [3.05, 3.63) is 86.2 Å². The number of hydrogen-bond donors (Lipinski definition) is 2. The van der Waals surface area contributed by atoms with Crippen LogP contribution in [0, 0.1) is 10.1 Å². The molecule has 2 heterocycles. The number of halogens is 2. The first-order valence-electron chi connectivity index (χ1n) is 9.68. The number of carbonyl (C=O) groups is 2. The summed E-state index contributed by atoms with van der Waals surface area (Å²) >= 11 is 11.9. The Morgan fingerprint density at radius 3 is 2.71 bits per heavy atom. The molecule has 1 aliphatic heterocycles. The van der Waals surface area contributed by atoms with Gasteiger partial charge in [-0.05, 0) is 36.4 Å². The first-order valence-corrected chi connectivity index (χ1v) is 10.4. The van der Waals surface area contributed by atoms with Crippen molar-refractivity contribution in [1.29, 1.82) is 0 Å². The van der Waals surface area contributed by atoms with Gasteiger partial charge in [0, 0.05) is 24.2 Å². The van der Waals surface area contributed by atoms with Crippen LogP contribution < -0.4 is 10.6 Å². The summed E-state index contributed by atoms with van der Waals surface area (Å²) in [6, 6.07) is 13.1. The highest BCUT2D eigenvalue weighted by Crippen LogP contribution is 2.31. The fourth-order valence-corrected chi connectivity index (χ4v) is 3.62. The predicted octanol–water partition coefficient (Wildman–Crippen LogP) is 5.15. The Hall–Kier alpha value is -4.15. The van der Waals surface area contributed by atoms with Crippen molar-refractivity contribution in [2.24, 2.45) is 4.99 Å². The number of urea groups is 1. The normalized spacial score (nSPS) is 15.6. The van der Waals surface area contributed by atoms with E-state index in [1.165, 1.54) is 36.2 Å². The maximum atomic E-state index is 12.5. The van der Waals surface area contributed by atoms with Gasteiger partial charge >= 0.3 is 6.03 Å². The van der Waals surface area contributed by atoms with Crippen LogP contribution in [-0.4, -0.2) is 34.8 Å². The van der Waals surface area contributed by atoms with Crippen LogP contribution >= 0.6 is 23.2 Å². The van der Waals surface area contributed by atoms with Gasteiger partial charge < -0.3 is 14.6 Å². The summed E-state index contributed by atoms with van der Waals surface area (Å²) in [5.74, 6) is 0.0312. The van der Waals surface area contributed by atoms with Gasteiger partial charge in [0.1, 0.15) is 17.2 Å². The number of likely N-dealkylation sites (N-methyl/N-ethyl adjacent to an activating group) is 1. The predicted molar refractivity (Wildman–Crippen MR) is 128 cm³/mol. The molecular formula is C22H15Cl2N5O5. The molecule has 1 aliphatic rings. The minimum Gasteiger partial charge on any atom is -0.456 e. The monoisotopic (exact) mass is 499 g/mol. The molecule has 1 saturated heterocycles. The van der Waals surface area contributed by atoms with E-state index in [1.807, 2.05) is 0 Å². The van der Waals surface area contributed by atoms with Gasteiger partial charge in [-0.3, -0.25) is 20.2 Å². The topological polar surface area (TPSA) is 130 Å². The number of para-hydroxylation sites is 1. The van der Waals surface area contributed by atoms with Crippen LogP contribution in [0.15, 0.2) is 69.7 Å². The number of benzene rings is 2. The lowest BCUT2D eigenvalue weighted by Gasteiger charge is -2.11. The smallest absolute Gasteiger partial charge is 0.348 e. The number of nitro groups is 1. The fourth-order valence-electron chi connectivity index (χ4n) is 3.16. The number of nitro benzene ring substituents is 1. The van der Waals surface area contributed by atoms with Crippen molar-refractivity contribution < 1.29 is 18.9 Å². The van der Waals surface area contributed by atoms with E-state index in [-0.39, 0.29) is 33.9 Å². The number of rotatable bonds is 4. The highest BCUT2D eigenvalue weighted by Gasteiger charge is 2.29. The van der Waals surface area contributed by atoms with Crippen molar-refractivity contribution in [2.75, 3.05) is 12.4 Å². The number of carbonyl (C=O) groups excluding carboxylic acids is 2. The number of anilines is 1. The molecule has 0 saturated carbocycles. The van der Waals surface area contributed by atoms with E-state index >= 15 is 0 Å². The lowest BCUT2D eigenvalue weighted by atomic mass is 10.1. The highest BCUT2D eigenvalue weighted by molar-refractivity contribution is 6.36. The quantitative estimate of drug-likeness (QED) is 0.290. The number of amides is 3. The van der Waals surface area contributed by atoms with Crippen LogP contribution in [0.5, 0.6) is 0 Å². The first-order chi connectivity index (χ1) is 16.2. The van der Waals surface area contributed by atoms with Crippen molar-refractivity contribution in [3.63, 3.8) is 0 Å². The van der Waals surface area contributed by atoms with Crippen molar-refractivity contribution in [1.82, 2.24) is 10.2 Å². The molecular weight excluding hydrogens is 485 g/mol. The van der Waals surface area contributed by atoms with Crippen LogP contribution in [0.2, 0.25) is 10.0 Å². The summed E-state index contributed by atoms with van der Waals surface area (Å²) in [5, 5.41) is 16.9. The third-order valence-corrected chi connectivity index (χ3v) is 5.34. The Labute approximate surface area is 202 Å². The minimum atomic E-state index is -0.760. The Bertz CT molecular complexity index is 1380. The van der Waals surface area contributed by atoms with E-state index in [4.69, 9.17) is 27.6 Å². The summed E-state index contributed by atoms with van der Waals surface area (Å²) < 4.78 is 5.71. The Morgan fingerprint density at radius 2 is 1.97 bits per heavy atom. The number of hydrogen-bond acceptors (Lipinski definition) is 5. The van der Waals surface area contributed by atoms with E-state index in [0.717, 1.165) is 0 Å². The van der Waals surface area contributed by atoms with E-state index < -0.39 is 16.9 Å². The Balaban J connectivity index is 1.54. The molecule has 2 N–H and O–H groups in total. The molecule has 0 bridgehead atoms. The maximum Gasteiger partial charge on any atom is 0.348 e. The van der Waals surface area contributed by atoms with Crippen LogP contribution in [0.25, 0.3) is 17.4 Å². The summed E-state index contributed by atoms with van der Waals surface area (Å²) in [5.41, 5.74) is 0.662. The molecule has 4 rings (SSSR count). The second-order valence-corrected chi connectivity index (χ2v) is 7.85. The van der Waals surface area contributed by atoms with Crippen LogP contribution in [0.3, 0.4) is 0 Å². The number of nitrogens with zero attached hydrogens (tertiary/aromatic N) is 3. The zero-order chi connectivity index (χ0) is 24.4. The summed E-state index contributed by atoms with van der Waals surface area (Å²) in [6.07, 6.45) is 1.43. The van der Waals surface area contributed by atoms with Gasteiger partial charge in [0.2, 0.25) is 5.96 Å². The lowest BCUT2D eigenvalue weighted by Crippen LogP contribution is -2.29. The van der Waals surface area contributed by atoms with Gasteiger partial charge in [-0.2, -0.15) is 4.99 Å². The van der Waals surface area contributed by atoms with Gasteiger partial charge in [-0.25, -0.2) is 4.79 Å². The minimum absolute atomic E-state index is 0.00990. The van der Waals surface area contributed by atoms with Crippen LogP contribution in [0.1, 0.15) is 5.76 Å². The molecule has 172 valence electrons. The van der Waals surface area contributed by atoms with E-state index in [2.05, 4.69) is 15.6 Å². The highest BCUT2D eigenvalue weighted by atomic mass is 35.5. The average molecular weight is 500 g/mol. The molecule has 3 amide bonds. The molecule has 1 fully saturated rings. The van der Waals surface area contributed by atoms with Crippen molar-refractivity contribution in [2.45, 2.75) is 0 Å². The SMILES string of the molecule is CN1/C(=C/c2ccc(-c3ccccc3[N+](=O)[O-])o2)C(=O)N/C1=N\C(=O)Nc1ccc(Cl)cc1Cl. The summed E-state index contributed by atoms with van der Waals surface area (Å²) in [6.45, 7) is 0. The molecule has 12 heteroatoms. The molecule has 2 aromatic carbocycles. The second kappa shape index (κ2) is 9.38. The largest absolute Gasteiger partial charge is 0.456 e. The number of aliphatic imine (C=N–C) groups is 1. The Kier molecular flexibility index (Phi) is 6.35. The molecule has 1 aromatic heterocycles. The first kappa shape index (κ1) is 23.0. The standard InChI is InChI=1S/C22H15Cl2N5O5/c1-28-18(11-13-7-9-19(34-13)14-4-2-3-5-17(14)29(32)33)20(30)26-21(28)27-22(31)25-16-8-6-12(23)10-15(16)24/h2-11H,1H3,(H2,25,26,27,30,31)/b18-11+. The summed E-state index contributed by atoms with van der Waals surface area (Å²) in [4.78, 5) is 40.8. The zero-order valence-corrected chi connectivity index (χ0v) is 18.9. The molecule has 3 aromatic rings. The zero-order valence-electron chi connectivity index (χ0n) is 17.4. The van der Waals surface area contributed by atoms with Crippen molar-refractivity contribution in [3.8, 4) is 11.3 Å². The fraction of sp³-hybridized carbons (Fsp3) is 0.0455. The molecule has 34 heavy (non-hydrogen) atoms. The molecule has 0 unspecified atom stereocenters. The van der Waals surface area contributed by atoms with Crippen LogP contribution in [0.4, 0.5) is 16.2 Å². The molecule has 0 aliphatic carbocycles. The third-order valence-electron chi connectivity index (χ3n) is 4.79. The Morgan fingerprint density at radius 1 is 1.21 bits per heavy atom. The van der Waals surface area contributed by atoms with Crippen LogP contribution in [-0.2, 0) is 4.79 Å². The molecule has 10 nitrogen and oxygen atoms in total. The second-order valence-electron chi connectivity index (χ2n) is 7.01. The molecule has 0 radical (unpaired) electrons. The number of furan rings is 1. The molecule has 0 spiro atoms. The summed E-state index contributed by atoms with van der Waals surface area (Å²) in [7, 11) is 1.54. The van der Waals surface area contributed by atoms with E-state index in [1.54, 1.807) is 36.4 Å². The van der Waals surface area contributed by atoms with Gasteiger partial charge in [0.25, 0.3) is 11.6 Å². The van der Waals surface area contributed by atoms with Gasteiger partial charge in [0.15, 0.2) is 0 Å². The molecule has 0 atom stereocenters.